The second-order valence-electron chi connectivity index (χ2n) is 6.26. The molecule has 3 aliphatic rings. The first-order chi connectivity index (χ1) is 10.9. The molecule has 1 unspecified atom stereocenters. The van der Waals surface area contributed by atoms with Crippen molar-refractivity contribution in [2.75, 3.05) is 32.7 Å². The number of aromatic nitrogens is 3. The van der Waals surface area contributed by atoms with E-state index in [0.29, 0.717) is 0 Å². The van der Waals surface area contributed by atoms with E-state index >= 15 is 0 Å². The molecule has 1 aromatic heterocycles. The maximum atomic E-state index is 6.06. The normalized spacial score (nSPS) is 28.1. The third-order valence-corrected chi connectivity index (χ3v) is 7.43. The van der Waals surface area contributed by atoms with Crippen LogP contribution in [0.2, 0.25) is 0 Å². The van der Waals surface area contributed by atoms with Gasteiger partial charge in [-0.2, -0.15) is 0 Å². The van der Waals surface area contributed by atoms with Crippen LogP contribution in [0.5, 0.6) is 0 Å². The van der Waals surface area contributed by atoms with Gasteiger partial charge in [-0.05, 0) is 37.3 Å². The highest BCUT2D eigenvalue weighted by atomic mass is 31.2. The number of rotatable bonds is 5. The fourth-order valence-corrected chi connectivity index (χ4v) is 6.67. The van der Waals surface area contributed by atoms with Crippen molar-refractivity contribution in [1.29, 1.82) is 0 Å². The summed E-state index contributed by atoms with van der Waals surface area (Å²) in [4.78, 5) is 7.58. The van der Waals surface area contributed by atoms with E-state index in [-0.39, 0.29) is 14.6 Å². The van der Waals surface area contributed by atoms with Crippen LogP contribution in [0, 0.1) is 0 Å². The molecule has 0 amide bonds. The molecular weight excluding hydrogens is 299 g/mol. The number of hydrogen-bond donors (Lipinski definition) is 0. The summed E-state index contributed by atoms with van der Waals surface area (Å²) in [6.45, 7) is 6.12. The first kappa shape index (κ1) is 14.8. The zero-order chi connectivity index (χ0) is 14.8. The van der Waals surface area contributed by atoms with Gasteiger partial charge in [-0.25, -0.2) is 4.67 Å². The first-order valence-electron chi connectivity index (χ1n) is 8.52. The molecule has 0 aromatic carbocycles. The van der Waals surface area contributed by atoms with Gasteiger partial charge in [0.25, 0.3) is 0 Å². The minimum Gasteiger partial charge on any atom is -0.376 e. The van der Waals surface area contributed by atoms with E-state index in [1.54, 1.807) is 12.4 Å². The summed E-state index contributed by atoms with van der Waals surface area (Å²) in [6, 6.07) is 0. The van der Waals surface area contributed by atoms with Crippen LogP contribution >= 0.6 is 8.37 Å². The van der Waals surface area contributed by atoms with E-state index in [0.717, 1.165) is 13.0 Å². The predicted octanol–water partition coefficient (Wildman–Crippen LogP) is 1.55. The molecule has 4 rings (SSSR count). The Labute approximate surface area is 133 Å². The van der Waals surface area contributed by atoms with E-state index in [1.165, 1.54) is 63.1 Å². The molecule has 3 aliphatic heterocycles. The van der Waals surface area contributed by atoms with Crippen LogP contribution in [0.4, 0.5) is 0 Å². The van der Waals surface area contributed by atoms with Gasteiger partial charge in [0.05, 0.1) is 12.4 Å². The number of nitrogens with zero attached hydrogens (tertiary/aromatic N) is 6. The lowest BCUT2D eigenvalue weighted by Gasteiger charge is -2.42. The van der Waals surface area contributed by atoms with Gasteiger partial charge in [0.15, 0.2) is 6.23 Å². The Bertz CT molecular complexity index is 444. The van der Waals surface area contributed by atoms with Gasteiger partial charge >= 0.3 is 0 Å². The summed E-state index contributed by atoms with van der Waals surface area (Å²) >= 11 is 0. The van der Waals surface area contributed by atoms with Gasteiger partial charge in [0.2, 0.25) is 0 Å². The monoisotopic (exact) mass is 324 g/mol. The second kappa shape index (κ2) is 6.79. The van der Waals surface area contributed by atoms with Gasteiger partial charge < -0.3 is 4.84 Å². The van der Waals surface area contributed by atoms with Crippen molar-refractivity contribution in [2.45, 2.75) is 44.8 Å². The highest BCUT2D eigenvalue weighted by Crippen LogP contribution is 2.53. The van der Waals surface area contributed by atoms with E-state index in [2.05, 4.69) is 24.3 Å². The average molecular weight is 324 g/mol. The first-order valence-corrected chi connectivity index (χ1v) is 9.72. The molecule has 0 aliphatic carbocycles. The van der Waals surface area contributed by atoms with E-state index < -0.39 is 0 Å². The molecule has 0 N–H and O–H groups in total. The van der Waals surface area contributed by atoms with Crippen LogP contribution in [0.3, 0.4) is 0 Å². The van der Waals surface area contributed by atoms with Crippen LogP contribution < -0.4 is 4.84 Å². The van der Waals surface area contributed by atoms with E-state index in [4.69, 9.17) is 4.84 Å². The molecule has 0 spiro atoms. The SMILES string of the molecule is c1cn(OC2CCCN2P(N2CCCC2)N2CCCC2)nn1. The van der Waals surface area contributed by atoms with Crippen LogP contribution in [-0.2, 0) is 0 Å². The molecule has 8 heteroatoms. The molecule has 3 fully saturated rings. The molecule has 22 heavy (non-hydrogen) atoms. The molecule has 1 aromatic rings. The lowest BCUT2D eigenvalue weighted by atomic mass is 10.4. The van der Waals surface area contributed by atoms with Gasteiger partial charge in [0.1, 0.15) is 8.37 Å². The maximum absolute atomic E-state index is 6.06. The molecule has 1 atom stereocenters. The van der Waals surface area contributed by atoms with E-state index in [1.807, 2.05) is 0 Å². The average Bonchev–Trinajstić information content (AvgIpc) is 3.30. The topological polar surface area (TPSA) is 49.7 Å². The minimum atomic E-state index is -0.372. The standard InChI is InChI=1S/C14H25N6OP/c1-2-9-17(8-1)22(18-10-3-4-11-18)19-12-5-6-14(19)21-20-13-7-15-16-20/h7,13-14H,1-6,8-12H2. The Morgan fingerprint density at radius 2 is 1.59 bits per heavy atom. The smallest absolute Gasteiger partial charge is 0.186 e. The summed E-state index contributed by atoms with van der Waals surface area (Å²) < 4.78 is 8.03. The third-order valence-electron chi connectivity index (χ3n) is 4.70. The van der Waals surface area contributed by atoms with Crippen molar-refractivity contribution in [1.82, 2.24) is 29.2 Å². The van der Waals surface area contributed by atoms with Gasteiger partial charge in [-0.15, -0.1) is 5.10 Å². The van der Waals surface area contributed by atoms with Gasteiger partial charge in [-0.1, -0.05) is 4.85 Å². The fourth-order valence-electron chi connectivity index (χ4n) is 3.67. The van der Waals surface area contributed by atoms with Crippen molar-refractivity contribution in [3.05, 3.63) is 12.4 Å². The van der Waals surface area contributed by atoms with Crippen molar-refractivity contribution >= 4 is 8.37 Å². The fraction of sp³-hybridized carbons (Fsp3) is 0.857. The van der Waals surface area contributed by atoms with Crippen molar-refractivity contribution in [3.8, 4) is 0 Å². The molecule has 0 bridgehead atoms. The Hall–Kier alpha value is -0.750. The largest absolute Gasteiger partial charge is 0.376 e. The maximum Gasteiger partial charge on any atom is 0.186 e. The highest BCUT2D eigenvalue weighted by Gasteiger charge is 2.41. The Morgan fingerprint density at radius 1 is 0.909 bits per heavy atom. The second-order valence-corrected chi connectivity index (χ2v) is 8.44. The quantitative estimate of drug-likeness (QED) is 0.766. The Kier molecular flexibility index (Phi) is 4.57. The Balaban J connectivity index is 1.51. The van der Waals surface area contributed by atoms with Crippen LogP contribution in [0.25, 0.3) is 0 Å². The van der Waals surface area contributed by atoms with Gasteiger partial charge in [0, 0.05) is 39.1 Å². The van der Waals surface area contributed by atoms with E-state index in [9.17, 15) is 0 Å². The summed E-state index contributed by atoms with van der Waals surface area (Å²) in [6.07, 6.45) is 11.2. The highest BCUT2D eigenvalue weighted by molar-refractivity contribution is 7.50. The summed E-state index contributed by atoms with van der Waals surface area (Å²) in [5, 5.41) is 7.81. The van der Waals surface area contributed by atoms with Crippen molar-refractivity contribution in [2.24, 2.45) is 0 Å². The molecule has 122 valence electrons. The Morgan fingerprint density at radius 3 is 2.18 bits per heavy atom. The predicted molar refractivity (Wildman–Crippen MR) is 84.9 cm³/mol. The summed E-state index contributed by atoms with van der Waals surface area (Å²) in [5.41, 5.74) is 0. The minimum absolute atomic E-state index is 0.133. The third kappa shape index (κ3) is 3.00. The molecule has 0 saturated carbocycles. The molecule has 3 saturated heterocycles. The lowest BCUT2D eigenvalue weighted by Crippen LogP contribution is -2.42. The van der Waals surface area contributed by atoms with Crippen LogP contribution in [0.1, 0.15) is 38.5 Å². The lowest BCUT2D eigenvalue weighted by molar-refractivity contribution is -0.0322. The number of hydrogen-bond acceptors (Lipinski definition) is 6. The van der Waals surface area contributed by atoms with Crippen LogP contribution in [0.15, 0.2) is 12.4 Å². The van der Waals surface area contributed by atoms with Crippen molar-refractivity contribution < 1.29 is 4.84 Å². The zero-order valence-corrected chi connectivity index (χ0v) is 13.9. The molecule has 7 nitrogen and oxygen atoms in total. The molecule has 0 radical (unpaired) electrons. The van der Waals surface area contributed by atoms with Gasteiger partial charge in [-0.3, -0.25) is 9.34 Å². The molecule has 4 heterocycles. The summed E-state index contributed by atoms with van der Waals surface area (Å²) in [5.74, 6) is 0. The van der Waals surface area contributed by atoms with Crippen LogP contribution in [-0.4, -0.2) is 68.1 Å². The molecular formula is C14H25N6OP. The van der Waals surface area contributed by atoms with Crippen molar-refractivity contribution in [3.63, 3.8) is 0 Å². The zero-order valence-electron chi connectivity index (χ0n) is 13.0. The summed E-state index contributed by atoms with van der Waals surface area (Å²) in [7, 11) is -0.372.